The fourth-order valence-corrected chi connectivity index (χ4v) is 2.27. The Labute approximate surface area is 134 Å². The van der Waals surface area contributed by atoms with Gasteiger partial charge >= 0.3 is 5.97 Å². The third-order valence-corrected chi connectivity index (χ3v) is 3.70. The highest BCUT2D eigenvalue weighted by Crippen LogP contribution is 2.35. The molecule has 1 N–H and O–H groups in total. The van der Waals surface area contributed by atoms with Crippen molar-refractivity contribution in [1.29, 1.82) is 0 Å². The summed E-state index contributed by atoms with van der Waals surface area (Å²) in [7, 11) is 0. The van der Waals surface area contributed by atoms with E-state index in [0.717, 1.165) is 12.2 Å². The van der Waals surface area contributed by atoms with Crippen LogP contribution in [0.25, 0.3) is 0 Å². The summed E-state index contributed by atoms with van der Waals surface area (Å²) in [5, 5.41) is 8.65. The van der Waals surface area contributed by atoms with E-state index in [2.05, 4.69) is 59.7 Å². The van der Waals surface area contributed by atoms with Crippen LogP contribution in [0.2, 0.25) is 0 Å². The summed E-state index contributed by atoms with van der Waals surface area (Å²) in [6, 6.07) is 6.42. The molecule has 0 amide bonds. The van der Waals surface area contributed by atoms with Gasteiger partial charge in [-0.05, 0) is 40.9 Å². The molecule has 0 unspecified atom stereocenters. The summed E-state index contributed by atoms with van der Waals surface area (Å²) in [6.45, 7) is 13.7. The van der Waals surface area contributed by atoms with Gasteiger partial charge in [0.05, 0.1) is 6.61 Å². The highest BCUT2D eigenvalue weighted by molar-refractivity contribution is 5.66. The van der Waals surface area contributed by atoms with Gasteiger partial charge in [-0.1, -0.05) is 53.7 Å². The molecule has 0 atom stereocenters. The predicted molar refractivity (Wildman–Crippen MR) is 90.8 cm³/mol. The van der Waals surface area contributed by atoms with Crippen molar-refractivity contribution in [1.82, 2.24) is 0 Å². The van der Waals surface area contributed by atoms with E-state index in [1.807, 2.05) is 0 Å². The van der Waals surface area contributed by atoms with Crippen LogP contribution < -0.4 is 4.74 Å². The maximum absolute atomic E-state index is 10.5. The average molecular weight is 306 g/mol. The van der Waals surface area contributed by atoms with E-state index in [1.165, 1.54) is 11.1 Å². The number of rotatable bonds is 6. The van der Waals surface area contributed by atoms with Crippen LogP contribution in [0.15, 0.2) is 18.2 Å². The minimum absolute atomic E-state index is 0.0116. The van der Waals surface area contributed by atoms with Crippen LogP contribution in [0, 0.1) is 0 Å². The molecule has 1 aromatic carbocycles. The smallest absolute Gasteiger partial charge is 0.303 e. The van der Waals surface area contributed by atoms with Crippen LogP contribution >= 0.6 is 0 Å². The van der Waals surface area contributed by atoms with Gasteiger partial charge in [0.1, 0.15) is 5.75 Å². The average Bonchev–Trinajstić information content (AvgIpc) is 2.35. The topological polar surface area (TPSA) is 46.5 Å². The van der Waals surface area contributed by atoms with Gasteiger partial charge in [0.2, 0.25) is 0 Å². The van der Waals surface area contributed by atoms with Gasteiger partial charge in [-0.2, -0.15) is 0 Å². The van der Waals surface area contributed by atoms with Crippen LogP contribution in [-0.4, -0.2) is 17.7 Å². The first kappa shape index (κ1) is 18.5. The number of carboxylic acids is 1. The Morgan fingerprint density at radius 2 is 1.68 bits per heavy atom. The zero-order valence-corrected chi connectivity index (χ0v) is 14.8. The first-order chi connectivity index (χ1) is 10.0. The molecule has 3 nitrogen and oxygen atoms in total. The Kier molecular flexibility index (Phi) is 6.04. The van der Waals surface area contributed by atoms with Gasteiger partial charge in [0, 0.05) is 6.42 Å². The summed E-state index contributed by atoms with van der Waals surface area (Å²) in [4.78, 5) is 10.5. The Balaban J connectivity index is 2.84. The third kappa shape index (κ3) is 5.70. The molecule has 0 aliphatic heterocycles. The molecule has 3 heteroatoms. The molecule has 0 aromatic heterocycles. The predicted octanol–water partition coefficient (Wildman–Crippen LogP) is 4.92. The number of carboxylic acid groups (broad SMARTS) is 1. The van der Waals surface area contributed by atoms with Crippen LogP contribution in [0.4, 0.5) is 0 Å². The standard InChI is InChI=1S/C19H30O3/c1-18(2,3)14-10-11-16(15(13-14)19(4,5)6)22-12-8-7-9-17(20)21/h10-11,13H,7-9,12H2,1-6H3,(H,20,21). The highest BCUT2D eigenvalue weighted by atomic mass is 16.5. The zero-order chi connectivity index (χ0) is 17.0. The third-order valence-electron chi connectivity index (χ3n) is 3.70. The SMILES string of the molecule is CC(C)(C)c1ccc(OCCCCC(=O)O)c(C(C)(C)C)c1. The van der Waals surface area contributed by atoms with Crippen LogP contribution in [0.1, 0.15) is 71.9 Å². The van der Waals surface area contributed by atoms with E-state index in [9.17, 15) is 4.79 Å². The molecule has 0 aliphatic rings. The minimum Gasteiger partial charge on any atom is -0.493 e. The lowest BCUT2D eigenvalue weighted by molar-refractivity contribution is -0.137. The van der Waals surface area contributed by atoms with E-state index in [-0.39, 0.29) is 17.3 Å². The lowest BCUT2D eigenvalue weighted by Crippen LogP contribution is -2.18. The summed E-state index contributed by atoms with van der Waals surface area (Å²) < 4.78 is 5.92. The number of aliphatic carboxylic acids is 1. The van der Waals surface area contributed by atoms with Gasteiger partial charge in [-0.25, -0.2) is 0 Å². The molecular weight excluding hydrogens is 276 g/mol. The van der Waals surface area contributed by atoms with Crippen molar-refractivity contribution in [3.05, 3.63) is 29.3 Å². The molecule has 124 valence electrons. The molecule has 0 aliphatic carbocycles. The number of benzene rings is 1. The van der Waals surface area contributed by atoms with Crippen molar-refractivity contribution in [2.75, 3.05) is 6.61 Å². The Morgan fingerprint density at radius 3 is 2.18 bits per heavy atom. The van der Waals surface area contributed by atoms with Gasteiger partial charge in [0.15, 0.2) is 0 Å². The molecular formula is C19H30O3. The van der Waals surface area contributed by atoms with Crippen molar-refractivity contribution >= 4 is 5.97 Å². The molecule has 0 heterocycles. The Morgan fingerprint density at radius 1 is 1.05 bits per heavy atom. The number of carbonyl (C=O) groups is 1. The quantitative estimate of drug-likeness (QED) is 0.759. The molecule has 0 spiro atoms. The van der Waals surface area contributed by atoms with E-state index >= 15 is 0 Å². The van der Waals surface area contributed by atoms with Crippen LogP contribution in [-0.2, 0) is 15.6 Å². The zero-order valence-electron chi connectivity index (χ0n) is 14.8. The second kappa shape index (κ2) is 7.17. The second-order valence-electron chi connectivity index (χ2n) is 7.91. The lowest BCUT2D eigenvalue weighted by Gasteiger charge is -2.27. The molecule has 22 heavy (non-hydrogen) atoms. The van der Waals surface area contributed by atoms with Crippen molar-refractivity contribution in [2.24, 2.45) is 0 Å². The Hall–Kier alpha value is -1.51. The van der Waals surface area contributed by atoms with Gasteiger partial charge in [-0.15, -0.1) is 0 Å². The maximum Gasteiger partial charge on any atom is 0.303 e. The van der Waals surface area contributed by atoms with E-state index < -0.39 is 5.97 Å². The van der Waals surface area contributed by atoms with E-state index in [1.54, 1.807) is 0 Å². The highest BCUT2D eigenvalue weighted by Gasteiger charge is 2.22. The first-order valence-electron chi connectivity index (χ1n) is 8.01. The van der Waals surface area contributed by atoms with Gasteiger partial charge < -0.3 is 9.84 Å². The molecule has 0 saturated carbocycles. The monoisotopic (exact) mass is 306 g/mol. The number of unbranched alkanes of at least 4 members (excludes halogenated alkanes) is 1. The molecule has 1 aromatic rings. The van der Waals surface area contributed by atoms with Crippen molar-refractivity contribution in [3.63, 3.8) is 0 Å². The number of ether oxygens (including phenoxy) is 1. The normalized spacial score (nSPS) is 12.3. The fraction of sp³-hybridized carbons (Fsp3) is 0.632. The number of hydrogen-bond acceptors (Lipinski definition) is 2. The number of hydrogen-bond donors (Lipinski definition) is 1. The van der Waals surface area contributed by atoms with Crippen LogP contribution in [0.3, 0.4) is 0 Å². The lowest BCUT2D eigenvalue weighted by atomic mass is 9.80. The summed E-state index contributed by atoms with van der Waals surface area (Å²) >= 11 is 0. The molecule has 1 rings (SSSR count). The van der Waals surface area contributed by atoms with Crippen molar-refractivity contribution in [3.8, 4) is 5.75 Å². The summed E-state index contributed by atoms with van der Waals surface area (Å²) in [6.07, 6.45) is 1.62. The summed E-state index contributed by atoms with van der Waals surface area (Å²) in [5.41, 5.74) is 2.63. The van der Waals surface area contributed by atoms with E-state index in [0.29, 0.717) is 13.0 Å². The molecule has 0 fully saturated rings. The Bertz CT molecular complexity index is 504. The van der Waals surface area contributed by atoms with Crippen molar-refractivity contribution in [2.45, 2.75) is 71.6 Å². The largest absolute Gasteiger partial charge is 0.493 e. The minimum atomic E-state index is -0.745. The van der Waals surface area contributed by atoms with Crippen LogP contribution in [0.5, 0.6) is 5.75 Å². The maximum atomic E-state index is 10.5. The van der Waals surface area contributed by atoms with Gasteiger partial charge in [0.25, 0.3) is 0 Å². The van der Waals surface area contributed by atoms with E-state index in [4.69, 9.17) is 9.84 Å². The summed E-state index contributed by atoms with van der Waals surface area (Å²) in [5.74, 6) is 0.167. The fourth-order valence-electron chi connectivity index (χ4n) is 2.27. The van der Waals surface area contributed by atoms with Gasteiger partial charge in [-0.3, -0.25) is 4.79 Å². The second-order valence-corrected chi connectivity index (χ2v) is 7.91. The molecule has 0 bridgehead atoms. The molecule has 0 radical (unpaired) electrons. The van der Waals surface area contributed by atoms with Crippen molar-refractivity contribution < 1.29 is 14.6 Å². The molecule has 0 saturated heterocycles. The first-order valence-corrected chi connectivity index (χ1v) is 8.01.